The largest absolute Gasteiger partial charge is 0.480 e. The molecular weight excluding hydrogens is 240 g/mol. The number of likely N-dealkylation sites (N-methyl/N-ethyl adjacent to an activating group) is 1. The van der Waals surface area contributed by atoms with Crippen LogP contribution in [0.2, 0.25) is 0 Å². The molecule has 1 aliphatic heterocycles. The highest BCUT2D eigenvalue weighted by Gasteiger charge is 2.34. The molecule has 0 aliphatic carbocycles. The lowest BCUT2D eigenvalue weighted by atomic mass is 9.89. The normalized spacial score (nSPS) is 25.0. The molecular formula is C15H30N2O2. The van der Waals surface area contributed by atoms with Crippen molar-refractivity contribution in [3.8, 4) is 0 Å². The summed E-state index contributed by atoms with van der Waals surface area (Å²) in [5, 5.41) is 12.5. The summed E-state index contributed by atoms with van der Waals surface area (Å²) in [5.74, 6) is 0.777. The predicted octanol–water partition coefficient (Wildman–Crippen LogP) is 2.20. The van der Waals surface area contributed by atoms with Crippen LogP contribution in [-0.4, -0.2) is 47.7 Å². The maximum atomic E-state index is 11.5. The molecule has 19 heavy (non-hydrogen) atoms. The molecule has 0 saturated carbocycles. The Kier molecular flexibility index (Phi) is 6.27. The van der Waals surface area contributed by atoms with E-state index in [2.05, 4.69) is 24.1 Å². The number of rotatable bonds is 6. The maximum Gasteiger partial charge on any atom is 0.324 e. The molecule has 2 unspecified atom stereocenters. The molecule has 0 aromatic rings. The first-order chi connectivity index (χ1) is 8.89. The minimum absolute atomic E-state index is 0.598. The van der Waals surface area contributed by atoms with Gasteiger partial charge in [-0.2, -0.15) is 0 Å². The van der Waals surface area contributed by atoms with Gasteiger partial charge in [0.25, 0.3) is 0 Å². The third-order valence-corrected chi connectivity index (χ3v) is 4.39. The Labute approximate surface area is 117 Å². The summed E-state index contributed by atoms with van der Waals surface area (Å²) in [6, 6.07) is 0. The minimum Gasteiger partial charge on any atom is -0.480 e. The van der Waals surface area contributed by atoms with Gasteiger partial charge in [0.05, 0.1) is 0 Å². The van der Waals surface area contributed by atoms with Crippen molar-refractivity contribution in [1.82, 2.24) is 10.2 Å². The maximum absolute atomic E-state index is 11.5. The first kappa shape index (κ1) is 16.4. The third kappa shape index (κ3) is 4.77. The van der Waals surface area contributed by atoms with Gasteiger partial charge in [0.15, 0.2) is 0 Å². The lowest BCUT2D eigenvalue weighted by molar-refractivity contribution is -0.145. The summed E-state index contributed by atoms with van der Waals surface area (Å²) in [4.78, 5) is 13.8. The van der Waals surface area contributed by atoms with E-state index >= 15 is 0 Å². The molecule has 2 atom stereocenters. The molecule has 1 rings (SSSR count). The number of carboxylic acid groups (broad SMARTS) is 1. The Balaban J connectivity index is 2.58. The van der Waals surface area contributed by atoms with Crippen molar-refractivity contribution in [3.63, 3.8) is 0 Å². The highest BCUT2D eigenvalue weighted by atomic mass is 16.4. The van der Waals surface area contributed by atoms with Gasteiger partial charge >= 0.3 is 5.97 Å². The van der Waals surface area contributed by atoms with Gasteiger partial charge in [-0.15, -0.1) is 0 Å². The van der Waals surface area contributed by atoms with E-state index < -0.39 is 11.5 Å². The minimum atomic E-state index is -0.827. The van der Waals surface area contributed by atoms with Gasteiger partial charge in [-0.05, 0) is 57.7 Å². The zero-order valence-corrected chi connectivity index (χ0v) is 12.9. The van der Waals surface area contributed by atoms with Crippen molar-refractivity contribution in [2.75, 3.05) is 26.2 Å². The zero-order chi connectivity index (χ0) is 14.5. The first-order valence-electron chi connectivity index (χ1n) is 7.60. The Bertz CT molecular complexity index is 294. The van der Waals surface area contributed by atoms with Crippen LogP contribution in [0.1, 0.15) is 47.0 Å². The molecule has 2 N–H and O–H groups in total. The quantitative estimate of drug-likeness (QED) is 0.777. The van der Waals surface area contributed by atoms with E-state index in [0.717, 1.165) is 24.9 Å². The number of hydrogen-bond donors (Lipinski definition) is 2. The van der Waals surface area contributed by atoms with Crippen molar-refractivity contribution < 1.29 is 9.90 Å². The van der Waals surface area contributed by atoms with Gasteiger partial charge in [-0.1, -0.05) is 20.8 Å². The molecule has 0 radical (unpaired) electrons. The highest BCUT2D eigenvalue weighted by molar-refractivity contribution is 5.78. The van der Waals surface area contributed by atoms with Crippen LogP contribution in [0.4, 0.5) is 0 Å². The van der Waals surface area contributed by atoms with Crippen LogP contribution in [0, 0.1) is 11.8 Å². The Morgan fingerprint density at radius 3 is 2.63 bits per heavy atom. The van der Waals surface area contributed by atoms with E-state index in [4.69, 9.17) is 0 Å². The van der Waals surface area contributed by atoms with Gasteiger partial charge < -0.3 is 15.3 Å². The predicted molar refractivity (Wildman–Crippen MR) is 78.3 cm³/mol. The second-order valence-electron chi connectivity index (χ2n) is 6.38. The average Bonchev–Trinajstić information content (AvgIpc) is 2.54. The van der Waals surface area contributed by atoms with Crippen LogP contribution in [0.5, 0.6) is 0 Å². The number of hydrogen-bond acceptors (Lipinski definition) is 3. The molecule has 1 fully saturated rings. The van der Waals surface area contributed by atoms with Crippen LogP contribution in [0.15, 0.2) is 0 Å². The smallest absolute Gasteiger partial charge is 0.324 e. The van der Waals surface area contributed by atoms with E-state index in [1.165, 1.54) is 19.3 Å². The molecule has 1 saturated heterocycles. The average molecular weight is 270 g/mol. The molecule has 0 amide bonds. The fourth-order valence-corrected chi connectivity index (χ4v) is 3.04. The third-order valence-electron chi connectivity index (χ3n) is 4.39. The molecule has 0 aromatic heterocycles. The Morgan fingerprint density at radius 1 is 1.42 bits per heavy atom. The first-order valence-corrected chi connectivity index (χ1v) is 7.60. The number of aliphatic carboxylic acids is 1. The second kappa shape index (κ2) is 7.25. The zero-order valence-electron chi connectivity index (χ0n) is 12.9. The number of nitrogens with zero attached hydrogens (tertiary/aromatic N) is 1. The van der Waals surface area contributed by atoms with E-state index in [9.17, 15) is 9.90 Å². The Hall–Kier alpha value is -0.610. The van der Waals surface area contributed by atoms with Crippen molar-refractivity contribution in [1.29, 1.82) is 0 Å². The number of carboxylic acids is 1. The van der Waals surface area contributed by atoms with Gasteiger partial charge in [0.2, 0.25) is 0 Å². The van der Waals surface area contributed by atoms with Gasteiger partial charge in [-0.3, -0.25) is 4.79 Å². The lowest BCUT2D eigenvalue weighted by Crippen LogP contribution is -2.57. The van der Waals surface area contributed by atoms with E-state index in [1.54, 1.807) is 6.92 Å². The summed E-state index contributed by atoms with van der Waals surface area (Å²) < 4.78 is 0. The number of nitrogens with one attached hydrogen (secondary N) is 1. The molecule has 4 nitrogen and oxygen atoms in total. The molecule has 0 aromatic carbocycles. The molecule has 1 aliphatic rings. The number of likely N-dealkylation sites (tertiary alicyclic amines) is 1. The summed E-state index contributed by atoms with van der Waals surface area (Å²) in [5.41, 5.74) is -0.827. The van der Waals surface area contributed by atoms with Gasteiger partial charge in [-0.25, -0.2) is 0 Å². The summed E-state index contributed by atoms with van der Waals surface area (Å²) in [6.45, 7) is 11.7. The SMILES string of the molecule is CCNC(C)(CN1CCCC(C(C)C)CC1)C(=O)O. The molecule has 0 bridgehead atoms. The van der Waals surface area contributed by atoms with Crippen LogP contribution in [0.25, 0.3) is 0 Å². The van der Waals surface area contributed by atoms with Crippen LogP contribution < -0.4 is 5.32 Å². The lowest BCUT2D eigenvalue weighted by Gasteiger charge is -2.32. The monoisotopic (exact) mass is 270 g/mol. The van der Waals surface area contributed by atoms with Crippen molar-refractivity contribution in [3.05, 3.63) is 0 Å². The summed E-state index contributed by atoms with van der Waals surface area (Å²) in [7, 11) is 0. The van der Waals surface area contributed by atoms with E-state index in [0.29, 0.717) is 13.1 Å². The fraction of sp³-hybridized carbons (Fsp3) is 0.933. The van der Waals surface area contributed by atoms with Crippen molar-refractivity contribution >= 4 is 5.97 Å². The van der Waals surface area contributed by atoms with E-state index in [-0.39, 0.29) is 0 Å². The molecule has 4 heteroatoms. The highest BCUT2D eigenvalue weighted by Crippen LogP contribution is 2.25. The van der Waals surface area contributed by atoms with Gasteiger partial charge in [0, 0.05) is 6.54 Å². The molecule has 1 heterocycles. The van der Waals surface area contributed by atoms with Gasteiger partial charge in [0.1, 0.15) is 5.54 Å². The van der Waals surface area contributed by atoms with E-state index in [1.807, 2.05) is 6.92 Å². The summed E-state index contributed by atoms with van der Waals surface area (Å²) >= 11 is 0. The Morgan fingerprint density at radius 2 is 2.11 bits per heavy atom. The fourth-order valence-electron chi connectivity index (χ4n) is 3.04. The van der Waals surface area contributed by atoms with Crippen molar-refractivity contribution in [2.45, 2.75) is 52.5 Å². The van der Waals surface area contributed by atoms with Crippen LogP contribution >= 0.6 is 0 Å². The molecule has 0 spiro atoms. The number of carbonyl (C=O) groups is 1. The second-order valence-corrected chi connectivity index (χ2v) is 6.38. The topological polar surface area (TPSA) is 52.6 Å². The summed E-state index contributed by atoms with van der Waals surface area (Å²) in [6.07, 6.45) is 3.66. The van der Waals surface area contributed by atoms with Crippen LogP contribution in [-0.2, 0) is 4.79 Å². The standard InChI is InChI=1S/C15H30N2O2/c1-5-16-15(4,14(18)19)11-17-9-6-7-13(8-10-17)12(2)3/h12-13,16H,5-11H2,1-4H3,(H,18,19). The van der Waals surface area contributed by atoms with Crippen LogP contribution in [0.3, 0.4) is 0 Å². The van der Waals surface area contributed by atoms with Crippen molar-refractivity contribution in [2.24, 2.45) is 11.8 Å². The molecule has 112 valence electrons.